The summed E-state index contributed by atoms with van der Waals surface area (Å²) in [7, 11) is 0. The highest BCUT2D eigenvalue weighted by Crippen LogP contribution is 2.29. The Morgan fingerprint density at radius 1 is 1.33 bits per heavy atom. The molecule has 0 aliphatic carbocycles. The molecule has 1 unspecified atom stereocenters. The van der Waals surface area contributed by atoms with Crippen molar-refractivity contribution in [3.05, 3.63) is 35.4 Å². The summed E-state index contributed by atoms with van der Waals surface area (Å²) in [5.41, 5.74) is -0.997. The number of carboxylic acid groups (broad SMARTS) is 1. The van der Waals surface area contributed by atoms with E-state index in [1.54, 1.807) is 6.92 Å². The first-order valence-electron chi connectivity index (χ1n) is 6.41. The number of rotatable bonds is 6. The lowest BCUT2D eigenvalue weighted by molar-refractivity contribution is -0.138. The van der Waals surface area contributed by atoms with Gasteiger partial charge in [0.1, 0.15) is 0 Å². The Morgan fingerprint density at radius 3 is 2.52 bits per heavy atom. The number of carbonyl (C=O) groups is 2. The molecule has 116 valence electrons. The molecule has 7 heteroatoms. The molecule has 0 spiro atoms. The third kappa shape index (κ3) is 5.45. The summed E-state index contributed by atoms with van der Waals surface area (Å²) in [6.45, 7) is 1.89. The van der Waals surface area contributed by atoms with Gasteiger partial charge < -0.3 is 10.4 Å². The quantitative estimate of drug-likeness (QED) is 0.849. The summed E-state index contributed by atoms with van der Waals surface area (Å²) in [6.07, 6.45) is -4.06. The van der Waals surface area contributed by atoms with Gasteiger partial charge in [0.05, 0.1) is 5.56 Å². The lowest BCUT2D eigenvalue weighted by Crippen LogP contribution is -2.30. The van der Waals surface area contributed by atoms with E-state index >= 15 is 0 Å². The van der Waals surface area contributed by atoms with Crippen LogP contribution in [0.1, 0.15) is 35.7 Å². The van der Waals surface area contributed by atoms with Crippen molar-refractivity contribution in [1.82, 2.24) is 5.32 Å². The monoisotopic (exact) mass is 303 g/mol. The third-order valence-corrected chi connectivity index (χ3v) is 3.04. The van der Waals surface area contributed by atoms with E-state index in [0.717, 1.165) is 18.2 Å². The molecule has 2 N–H and O–H groups in total. The van der Waals surface area contributed by atoms with Gasteiger partial charge in [0.2, 0.25) is 0 Å². The number of carbonyl (C=O) groups excluding carboxylic acids is 1. The van der Waals surface area contributed by atoms with E-state index in [-0.39, 0.29) is 24.4 Å². The Labute approximate surface area is 120 Å². The summed E-state index contributed by atoms with van der Waals surface area (Å²) < 4.78 is 37.6. The highest BCUT2D eigenvalue weighted by molar-refractivity contribution is 5.94. The van der Waals surface area contributed by atoms with Gasteiger partial charge in [-0.2, -0.15) is 13.2 Å². The molecule has 0 saturated heterocycles. The second-order valence-electron chi connectivity index (χ2n) is 4.66. The molecule has 0 aliphatic rings. The molecule has 4 nitrogen and oxygen atoms in total. The van der Waals surface area contributed by atoms with Crippen molar-refractivity contribution in [2.24, 2.45) is 5.92 Å². The van der Waals surface area contributed by atoms with Crippen LogP contribution in [0.3, 0.4) is 0 Å². The van der Waals surface area contributed by atoms with E-state index in [1.807, 2.05) is 0 Å². The van der Waals surface area contributed by atoms with E-state index in [9.17, 15) is 22.8 Å². The fourth-order valence-corrected chi connectivity index (χ4v) is 1.78. The first kappa shape index (κ1) is 17.0. The average Bonchev–Trinajstić information content (AvgIpc) is 2.41. The minimum atomic E-state index is -4.51. The molecule has 1 rings (SSSR count). The first-order valence-corrected chi connectivity index (χ1v) is 6.41. The van der Waals surface area contributed by atoms with Gasteiger partial charge in [-0.25, -0.2) is 0 Å². The molecule has 21 heavy (non-hydrogen) atoms. The van der Waals surface area contributed by atoms with E-state index in [2.05, 4.69) is 5.32 Å². The van der Waals surface area contributed by atoms with Gasteiger partial charge in [-0.1, -0.05) is 19.4 Å². The maximum Gasteiger partial charge on any atom is 0.416 e. The number of alkyl halides is 3. The van der Waals surface area contributed by atoms with E-state index in [0.29, 0.717) is 6.42 Å². The number of halogens is 3. The summed E-state index contributed by atoms with van der Waals surface area (Å²) in [5.74, 6) is -1.88. The van der Waals surface area contributed by atoms with Crippen molar-refractivity contribution in [3.8, 4) is 0 Å². The summed E-state index contributed by atoms with van der Waals surface area (Å²) in [6, 6.07) is 4.10. The third-order valence-electron chi connectivity index (χ3n) is 3.04. The molecule has 1 aromatic rings. The van der Waals surface area contributed by atoms with Crippen LogP contribution in [0.15, 0.2) is 24.3 Å². The topological polar surface area (TPSA) is 66.4 Å². The number of nitrogens with one attached hydrogen (secondary N) is 1. The predicted octanol–water partition coefficient (Wildman–Crippen LogP) is 2.94. The molecule has 1 aromatic carbocycles. The van der Waals surface area contributed by atoms with Crippen LogP contribution in [0.4, 0.5) is 13.2 Å². The molecule has 1 atom stereocenters. The van der Waals surface area contributed by atoms with Gasteiger partial charge >= 0.3 is 12.1 Å². The Kier molecular flexibility index (Phi) is 5.75. The number of hydrogen-bond donors (Lipinski definition) is 2. The number of hydrogen-bond acceptors (Lipinski definition) is 2. The van der Waals surface area contributed by atoms with Crippen LogP contribution in [-0.4, -0.2) is 23.5 Å². The van der Waals surface area contributed by atoms with Gasteiger partial charge in [-0.05, 0) is 24.1 Å². The fraction of sp³-hybridized carbons (Fsp3) is 0.429. The molecular formula is C14H16F3NO3. The van der Waals surface area contributed by atoms with Gasteiger partial charge in [-0.3, -0.25) is 9.59 Å². The average molecular weight is 303 g/mol. The zero-order valence-electron chi connectivity index (χ0n) is 11.4. The highest BCUT2D eigenvalue weighted by Gasteiger charge is 2.30. The molecule has 0 saturated carbocycles. The zero-order chi connectivity index (χ0) is 16.0. The van der Waals surface area contributed by atoms with Crippen molar-refractivity contribution in [2.75, 3.05) is 6.54 Å². The van der Waals surface area contributed by atoms with E-state index in [1.165, 1.54) is 6.07 Å². The predicted molar refractivity (Wildman–Crippen MR) is 69.8 cm³/mol. The number of amides is 1. The smallest absolute Gasteiger partial charge is 0.416 e. The van der Waals surface area contributed by atoms with E-state index in [4.69, 9.17) is 5.11 Å². The van der Waals surface area contributed by atoms with Crippen LogP contribution in [0, 0.1) is 5.92 Å². The summed E-state index contributed by atoms with van der Waals surface area (Å²) in [4.78, 5) is 22.4. The van der Waals surface area contributed by atoms with Crippen molar-refractivity contribution in [2.45, 2.75) is 25.9 Å². The number of carboxylic acids is 1. The Bertz CT molecular complexity index is 514. The second-order valence-corrected chi connectivity index (χ2v) is 4.66. The SMILES string of the molecule is CCC(CNC(=O)c1cccc(C(F)(F)F)c1)CC(=O)O. The van der Waals surface area contributed by atoms with Crippen LogP contribution in [0.25, 0.3) is 0 Å². The first-order chi connectivity index (χ1) is 9.74. The van der Waals surface area contributed by atoms with Crippen LogP contribution in [-0.2, 0) is 11.0 Å². The van der Waals surface area contributed by atoms with Crippen molar-refractivity contribution in [3.63, 3.8) is 0 Å². The van der Waals surface area contributed by atoms with Crippen molar-refractivity contribution >= 4 is 11.9 Å². The summed E-state index contributed by atoms with van der Waals surface area (Å²) in [5, 5.41) is 11.1. The maximum absolute atomic E-state index is 12.5. The standard InChI is InChI=1S/C14H16F3NO3/c1-2-9(6-12(19)20)8-18-13(21)10-4-3-5-11(7-10)14(15,16)17/h3-5,7,9H,2,6,8H2,1H3,(H,18,21)(H,19,20). The Morgan fingerprint density at radius 2 is 2.00 bits per heavy atom. The fourth-order valence-electron chi connectivity index (χ4n) is 1.78. The molecule has 0 bridgehead atoms. The zero-order valence-corrected chi connectivity index (χ0v) is 11.4. The highest BCUT2D eigenvalue weighted by atomic mass is 19.4. The largest absolute Gasteiger partial charge is 0.481 e. The molecule has 0 fully saturated rings. The minimum absolute atomic E-state index is 0.0978. The lowest BCUT2D eigenvalue weighted by Gasteiger charge is -2.14. The van der Waals surface area contributed by atoms with Crippen molar-refractivity contribution in [1.29, 1.82) is 0 Å². The van der Waals surface area contributed by atoms with Crippen LogP contribution in [0.2, 0.25) is 0 Å². The molecular weight excluding hydrogens is 287 g/mol. The Balaban J connectivity index is 2.70. The number of benzene rings is 1. The summed E-state index contributed by atoms with van der Waals surface area (Å²) >= 11 is 0. The molecule has 0 aromatic heterocycles. The second kappa shape index (κ2) is 7.10. The van der Waals surface area contributed by atoms with Gasteiger partial charge in [-0.15, -0.1) is 0 Å². The lowest BCUT2D eigenvalue weighted by atomic mass is 10.0. The molecule has 1 amide bonds. The van der Waals surface area contributed by atoms with Crippen LogP contribution >= 0.6 is 0 Å². The molecule has 0 aliphatic heterocycles. The number of aliphatic carboxylic acids is 1. The minimum Gasteiger partial charge on any atom is -0.481 e. The van der Waals surface area contributed by atoms with Gasteiger partial charge in [0, 0.05) is 18.5 Å². The maximum atomic E-state index is 12.5. The van der Waals surface area contributed by atoms with E-state index < -0.39 is 23.6 Å². The van der Waals surface area contributed by atoms with Gasteiger partial charge in [0.15, 0.2) is 0 Å². The van der Waals surface area contributed by atoms with Crippen molar-refractivity contribution < 1.29 is 27.9 Å². The molecule has 0 heterocycles. The van der Waals surface area contributed by atoms with Crippen LogP contribution in [0.5, 0.6) is 0 Å². The van der Waals surface area contributed by atoms with Gasteiger partial charge in [0.25, 0.3) is 5.91 Å². The normalized spacial score (nSPS) is 12.8. The van der Waals surface area contributed by atoms with Crippen LogP contribution < -0.4 is 5.32 Å². The Hall–Kier alpha value is -2.05. The molecule has 0 radical (unpaired) electrons.